The van der Waals surface area contributed by atoms with E-state index in [-0.39, 0.29) is 11.9 Å². The molecule has 2 heterocycles. The lowest BCUT2D eigenvalue weighted by molar-refractivity contribution is 0.0929. The van der Waals surface area contributed by atoms with Gasteiger partial charge in [0.05, 0.1) is 12.3 Å². The molecule has 0 aliphatic carbocycles. The van der Waals surface area contributed by atoms with Gasteiger partial charge >= 0.3 is 0 Å². The summed E-state index contributed by atoms with van der Waals surface area (Å²) < 4.78 is 5.63. The van der Waals surface area contributed by atoms with Gasteiger partial charge in [-0.3, -0.25) is 9.69 Å². The van der Waals surface area contributed by atoms with Crippen LogP contribution in [0, 0.1) is 0 Å². The van der Waals surface area contributed by atoms with Crippen molar-refractivity contribution in [2.75, 3.05) is 50.1 Å². The molecule has 1 aliphatic heterocycles. The van der Waals surface area contributed by atoms with Crippen molar-refractivity contribution >= 4 is 23.4 Å². The molecule has 1 aromatic heterocycles. The molecule has 1 fully saturated rings. The number of thioether (sulfide) groups is 1. The maximum absolute atomic E-state index is 12.6. The molecule has 3 rings (SSSR count). The Balaban J connectivity index is 1.68. The summed E-state index contributed by atoms with van der Waals surface area (Å²) in [6.45, 7) is 2.58. The molecule has 1 N–H and O–H groups in total. The van der Waals surface area contributed by atoms with Crippen LogP contribution in [0.5, 0.6) is 0 Å². The molecule has 1 amide bonds. The van der Waals surface area contributed by atoms with Crippen LogP contribution in [0.15, 0.2) is 47.1 Å². The lowest BCUT2D eigenvalue weighted by Crippen LogP contribution is -2.41. The third-order valence-corrected chi connectivity index (χ3v) is 5.38. The summed E-state index contributed by atoms with van der Waals surface area (Å²) in [5, 5.41) is 3.08. The van der Waals surface area contributed by atoms with E-state index in [0.717, 1.165) is 36.0 Å². The predicted octanol–water partition coefficient (Wildman–Crippen LogP) is 2.87. The molecular weight excluding hydrogens is 334 g/mol. The molecule has 0 bridgehead atoms. The summed E-state index contributed by atoms with van der Waals surface area (Å²) in [4.78, 5) is 17.0. The number of amides is 1. The second-order valence-corrected chi connectivity index (χ2v) is 7.56. The van der Waals surface area contributed by atoms with E-state index in [9.17, 15) is 4.79 Å². The highest BCUT2D eigenvalue weighted by Gasteiger charge is 2.25. The van der Waals surface area contributed by atoms with Crippen LogP contribution in [0.1, 0.15) is 22.2 Å². The molecule has 1 atom stereocenters. The first-order valence-corrected chi connectivity index (χ1v) is 9.71. The molecule has 2 aromatic rings. The standard InChI is InChI=1S/C19H25N3O2S/c1-21(2)16-6-3-5-15(13-16)19(23)20-14-17(18-7-4-10-24-18)22-8-11-25-12-9-22/h3-7,10,13,17H,8-9,11-12,14H2,1-2H3,(H,20,23)/t17-/m1/s1. The Morgan fingerprint density at radius 3 is 2.76 bits per heavy atom. The largest absolute Gasteiger partial charge is 0.468 e. The van der Waals surface area contributed by atoms with Gasteiger partial charge in [0.2, 0.25) is 0 Å². The zero-order valence-electron chi connectivity index (χ0n) is 14.8. The fraction of sp³-hybridized carbons (Fsp3) is 0.421. The second-order valence-electron chi connectivity index (χ2n) is 6.33. The van der Waals surface area contributed by atoms with E-state index in [1.165, 1.54) is 0 Å². The number of hydrogen-bond donors (Lipinski definition) is 1. The lowest BCUT2D eigenvalue weighted by Gasteiger charge is -2.33. The molecule has 0 unspecified atom stereocenters. The van der Waals surface area contributed by atoms with Gasteiger partial charge in [0, 0.05) is 56.5 Å². The van der Waals surface area contributed by atoms with Crippen molar-refractivity contribution in [3.63, 3.8) is 0 Å². The molecule has 134 valence electrons. The van der Waals surface area contributed by atoms with Crippen molar-refractivity contribution in [3.05, 3.63) is 54.0 Å². The Labute approximate surface area is 153 Å². The van der Waals surface area contributed by atoms with E-state index >= 15 is 0 Å². The van der Waals surface area contributed by atoms with Gasteiger partial charge in [0.25, 0.3) is 5.91 Å². The summed E-state index contributed by atoms with van der Waals surface area (Å²) >= 11 is 1.97. The molecule has 0 saturated carbocycles. The van der Waals surface area contributed by atoms with Crippen LogP contribution >= 0.6 is 11.8 Å². The van der Waals surface area contributed by atoms with Gasteiger partial charge in [-0.05, 0) is 30.3 Å². The van der Waals surface area contributed by atoms with E-state index in [4.69, 9.17) is 4.42 Å². The predicted molar refractivity (Wildman–Crippen MR) is 103 cm³/mol. The maximum atomic E-state index is 12.6. The highest BCUT2D eigenvalue weighted by Crippen LogP contribution is 2.24. The second kappa shape index (κ2) is 8.45. The first-order valence-electron chi connectivity index (χ1n) is 8.56. The molecular formula is C19H25N3O2S. The molecule has 25 heavy (non-hydrogen) atoms. The van der Waals surface area contributed by atoms with Crippen molar-refractivity contribution in [2.24, 2.45) is 0 Å². The highest BCUT2D eigenvalue weighted by atomic mass is 32.2. The maximum Gasteiger partial charge on any atom is 0.251 e. The number of hydrogen-bond acceptors (Lipinski definition) is 5. The molecule has 0 spiro atoms. The SMILES string of the molecule is CN(C)c1cccc(C(=O)NC[C@H](c2ccco2)N2CCSCC2)c1. The van der Waals surface area contributed by atoms with Crippen molar-refractivity contribution in [3.8, 4) is 0 Å². The molecule has 6 heteroatoms. The monoisotopic (exact) mass is 359 g/mol. The van der Waals surface area contributed by atoms with Crippen molar-refractivity contribution in [1.82, 2.24) is 10.2 Å². The van der Waals surface area contributed by atoms with Gasteiger partial charge in [0.1, 0.15) is 5.76 Å². The third-order valence-electron chi connectivity index (χ3n) is 4.44. The Morgan fingerprint density at radius 2 is 2.08 bits per heavy atom. The Bertz CT molecular complexity index is 682. The fourth-order valence-corrected chi connectivity index (χ4v) is 3.93. The molecule has 0 radical (unpaired) electrons. The number of furan rings is 1. The number of nitrogens with zero attached hydrogens (tertiary/aromatic N) is 2. The van der Waals surface area contributed by atoms with Crippen LogP contribution in [0.2, 0.25) is 0 Å². The number of rotatable bonds is 6. The molecule has 1 aromatic carbocycles. The Morgan fingerprint density at radius 1 is 1.28 bits per heavy atom. The van der Waals surface area contributed by atoms with Crippen molar-refractivity contribution < 1.29 is 9.21 Å². The molecule has 5 nitrogen and oxygen atoms in total. The van der Waals surface area contributed by atoms with E-state index in [1.807, 2.05) is 67.2 Å². The van der Waals surface area contributed by atoms with Gasteiger partial charge in [0.15, 0.2) is 0 Å². The Hall–Kier alpha value is -1.92. The quantitative estimate of drug-likeness (QED) is 0.859. The number of nitrogens with one attached hydrogen (secondary N) is 1. The van der Waals surface area contributed by atoms with E-state index in [1.54, 1.807) is 6.26 Å². The zero-order chi connectivity index (χ0) is 17.6. The lowest BCUT2D eigenvalue weighted by atomic mass is 10.1. The number of benzene rings is 1. The van der Waals surface area contributed by atoms with Gasteiger partial charge in [-0.1, -0.05) is 6.07 Å². The zero-order valence-corrected chi connectivity index (χ0v) is 15.6. The van der Waals surface area contributed by atoms with Gasteiger partial charge in [-0.2, -0.15) is 11.8 Å². The summed E-state index contributed by atoms with van der Waals surface area (Å²) in [7, 11) is 3.94. The average molecular weight is 359 g/mol. The number of anilines is 1. The topological polar surface area (TPSA) is 48.7 Å². The van der Waals surface area contributed by atoms with Gasteiger partial charge in [-0.25, -0.2) is 0 Å². The van der Waals surface area contributed by atoms with Crippen LogP contribution in [0.3, 0.4) is 0 Å². The first-order chi connectivity index (χ1) is 12.1. The third kappa shape index (κ3) is 4.58. The van der Waals surface area contributed by atoms with Crippen LogP contribution in [-0.4, -0.2) is 56.0 Å². The van der Waals surface area contributed by atoms with Crippen molar-refractivity contribution in [2.45, 2.75) is 6.04 Å². The van der Waals surface area contributed by atoms with Crippen LogP contribution < -0.4 is 10.2 Å². The Kier molecular flexibility index (Phi) is 6.04. The van der Waals surface area contributed by atoms with Gasteiger partial charge < -0.3 is 14.6 Å². The van der Waals surface area contributed by atoms with Crippen molar-refractivity contribution in [1.29, 1.82) is 0 Å². The summed E-state index contributed by atoms with van der Waals surface area (Å²) in [5.41, 5.74) is 1.70. The summed E-state index contributed by atoms with van der Waals surface area (Å²) in [6, 6.07) is 11.6. The minimum atomic E-state index is -0.0494. The van der Waals surface area contributed by atoms with E-state index < -0.39 is 0 Å². The number of carbonyl (C=O) groups is 1. The fourth-order valence-electron chi connectivity index (χ4n) is 3.00. The highest BCUT2D eigenvalue weighted by molar-refractivity contribution is 7.99. The van der Waals surface area contributed by atoms with E-state index in [0.29, 0.717) is 12.1 Å². The van der Waals surface area contributed by atoms with E-state index in [2.05, 4.69) is 10.2 Å². The minimum absolute atomic E-state index is 0.0494. The number of carbonyl (C=O) groups excluding carboxylic acids is 1. The van der Waals surface area contributed by atoms with Crippen LogP contribution in [-0.2, 0) is 0 Å². The molecule has 1 aliphatic rings. The van der Waals surface area contributed by atoms with Gasteiger partial charge in [-0.15, -0.1) is 0 Å². The first kappa shape index (κ1) is 17.9. The minimum Gasteiger partial charge on any atom is -0.468 e. The average Bonchev–Trinajstić information content (AvgIpc) is 3.17. The van der Waals surface area contributed by atoms with Crippen LogP contribution in [0.4, 0.5) is 5.69 Å². The summed E-state index contributed by atoms with van der Waals surface area (Å²) in [6.07, 6.45) is 1.70. The summed E-state index contributed by atoms with van der Waals surface area (Å²) in [5.74, 6) is 3.10. The smallest absolute Gasteiger partial charge is 0.251 e. The normalized spacial score (nSPS) is 16.4. The molecule has 1 saturated heterocycles. The van der Waals surface area contributed by atoms with Crippen LogP contribution in [0.25, 0.3) is 0 Å².